The summed E-state index contributed by atoms with van der Waals surface area (Å²) in [7, 11) is 0. The van der Waals surface area contributed by atoms with Gasteiger partial charge in [-0.2, -0.15) is 0 Å². The molecule has 0 unspecified atom stereocenters. The lowest BCUT2D eigenvalue weighted by Gasteiger charge is -2.25. The molecule has 34 heavy (non-hydrogen) atoms. The molecule has 1 amide bonds. The highest BCUT2D eigenvalue weighted by Gasteiger charge is 2.34. The standard InChI is InChI=1S/C24H27F5N2O3/c1-23(2,3)14-21(32)30-22-18(26)12-17(13-20(22)34-24(27,28)29)31-9-8-19(33-11-10-31)15-4-6-16(25)7-5-15/h4-7,12-13,19H,8-11,14H2,1-3H3,(H,30,32)/t19-/m1/s1. The smallest absolute Gasteiger partial charge is 0.403 e. The Kier molecular flexibility index (Phi) is 7.70. The summed E-state index contributed by atoms with van der Waals surface area (Å²) < 4.78 is 77.2. The summed E-state index contributed by atoms with van der Waals surface area (Å²) in [4.78, 5) is 13.9. The van der Waals surface area contributed by atoms with Gasteiger partial charge >= 0.3 is 6.36 Å². The molecular weight excluding hydrogens is 459 g/mol. The molecule has 0 aromatic heterocycles. The Morgan fingerprint density at radius 3 is 2.41 bits per heavy atom. The third-order valence-electron chi connectivity index (χ3n) is 5.17. The van der Waals surface area contributed by atoms with E-state index in [9.17, 15) is 26.7 Å². The van der Waals surface area contributed by atoms with Crippen molar-refractivity contribution in [2.24, 2.45) is 5.41 Å². The molecule has 1 atom stereocenters. The van der Waals surface area contributed by atoms with Crippen LogP contribution in [0, 0.1) is 17.0 Å². The molecule has 0 bridgehead atoms. The maximum absolute atomic E-state index is 15.0. The van der Waals surface area contributed by atoms with Gasteiger partial charge in [-0.25, -0.2) is 8.78 Å². The van der Waals surface area contributed by atoms with Gasteiger partial charge in [-0.1, -0.05) is 32.9 Å². The highest BCUT2D eigenvalue weighted by molar-refractivity contribution is 5.93. The first-order valence-corrected chi connectivity index (χ1v) is 10.8. The first kappa shape index (κ1) is 25.7. The largest absolute Gasteiger partial charge is 0.573 e. The number of hydrogen-bond donors (Lipinski definition) is 1. The zero-order valence-electron chi connectivity index (χ0n) is 19.1. The van der Waals surface area contributed by atoms with E-state index in [1.165, 1.54) is 12.1 Å². The SMILES string of the molecule is CC(C)(C)CC(=O)Nc1c(F)cc(N2CCO[C@@H](c3ccc(F)cc3)CC2)cc1OC(F)(F)F. The molecule has 1 aliphatic rings. The van der Waals surface area contributed by atoms with Crippen LogP contribution in [-0.2, 0) is 9.53 Å². The number of carbonyl (C=O) groups excluding carboxylic acids is 1. The van der Waals surface area contributed by atoms with Crippen LogP contribution in [0.1, 0.15) is 45.3 Å². The number of alkyl halides is 3. The van der Waals surface area contributed by atoms with Gasteiger partial charge in [0.2, 0.25) is 5.91 Å². The van der Waals surface area contributed by atoms with E-state index in [1.54, 1.807) is 37.8 Å². The fourth-order valence-corrected chi connectivity index (χ4v) is 3.71. The monoisotopic (exact) mass is 486 g/mol. The zero-order valence-corrected chi connectivity index (χ0v) is 19.1. The number of ether oxygens (including phenoxy) is 2. The molecule has 5 nitrogen and oxygen atoms in total. The number of anilines is 2. The second kappa shape index (κ2) is 10.2. The van der Waals surface area contributed by atoms with Crippen LogP contribution >= 0.6 is 0 Å². The van der Waals surface area contributed by atoms with Crippen molar-refractivity contribution in [3.05, 3.63) is 53.6 Å². The number of halogens is 5. The van der Waals surface area contributed by atoms with Gasteiger partial charge in [-0.15, -0.1) is 13.2 Å². The molecule has 0 radical (unpaired) electrons. The summed E-state index contributed by atoms with van der Waals surface area (Å²) in [6.45, 7) is 6.20. The molecule has 3 rings (SSSR count). The third kappa shape index (κ3) is 7.31. The summed E-state index contributed by atoms with van der Waals surface area (Å²) in [5.41, 5.74) is -0.175. The minimum atomic E-state index is -5.08. The maximum Gasteiger partial charge on any atom is 0.573 e. The van der Waals surface area contributed by atoms with Gasteiger partial charge in [0.25, 0.3) is 0 Å². The Balaban J connectivity index is 1.83. The first-order chi connectivity index (χ1) is 15.8. The lowest BCUT2D eigenvalue weighted by Crippen LogP contribution is -2.27. The highest BCUT2D eigenvalue weighted by Crippen LogP contribution is 2.38. The molecule has 1 fully saturated rings. The van der Waals surface area contributed by atoms with E-state index in [1.807, 2.05) is 0 Å². The van der Waals surface area contributed by atoms with Gasteiger partial charge in [0.1, 0.15) is 11.5 Å². The van der Waals surface area contributed by atoms with Gasteiger partial charge in [0, 0.05) is 31.3 Å². The highest BCUT2D eigenvalue weighted by atomic mass is 19.4. The molecule has 186 valence electrons. The molecule has 1 N–H and O–H groups in total. The summed E-state index contributed by atoms with van der Waals surface area (Å²) in [5, 5.41) is 2.22. The van der Waals surface area contributed by atoms with E-state index < -0.39 is 34.9 Å². The first-order valence-electron chi connectivity index (χ1n) is 10.8. The predicted molar refractivity (Wildman–Crippen MR) is 118 cm³/mol. The Bertz CT molecular complexity index is 1000. The second-order valence-corrected chi connectivity index (χ2v) is 9.32. The van der Waals surface area contributed by atoms with E-state index in [0.29, 0.717) is 19.5 Å². The average molecular weight is 486 g/mol. The fraction of sp³-hybridized carbons (Fsp3) is 0.458. The van der Waals surface area contributed by atoms with Crippen LogP contribution in [0.25, 0.3) is 0 Å². The maximum atomic E-state index is 15.0. The van der Waals surface area contributed by atoms with Crippen molar-refractivity contribution in [3.63, 3.8) is 0 Å². The van der Waals surface area contributed by atoms with Crippen molar-refractivity contribution in [1.29, 1.82) is 0 Å². The van der Waals surface area contributed by atoms with Gasteiger partial charge in [0.15, 0.2) is 11.6 Å². The Hall–Kier alpha value is -2.88. The number of hydrogen-bond acceptors (Lipinski definition) is 4. The molecule has 1 aliphatic heterocycles. The number of nitrogens with one attached hydrogen (secondary N) is 1. The molecule has 1 saturated heterocycles. The van der Waals surface area contributed by atoms with Crippen molar-refractivity contribution in [3.8, 4) is 5.75 Å². The lowest BCUT2D eigenvalue weighted by atomic mass is 9.92. The minimum absolute atomic E-state index is 0.0200. The number of carbonyl (C=O) groups is 1. The molecule has 2 aromatic carbocycles. The van der Waals surface area contributed by atoms with Crippen molar-refractivity contribution in [1.82, 2.24) is 0 Å². The van der Waals surface area contributed by atoms with Crippen LogP contribution in [0.3, 0.4) is 0 Å². The molecular formula is C24H27F5N2O3. The number of rotatable bonds is 5. The van der Waals surface area contributed by atoms with Crippen molar-refractivity contribution in [2.45, 2.75) is 46.1 Å². The van der Waals surface area contributed by atoms with Crippen LogP contribution < -0.4 is 15.0 Å². The summed E-state index contributed by atoms with van der Waals surface area (Å²) in [5.74, 6) is -2.87. The summed E-state index contributed by atoms with van der Waals surface area (Å²) in [6.07, 6.45) is -4.98. The molecule has 0 spiro atoms. The van der Waals surface area contributed by atoms with E-state index in [0.717, 1.165) is 17.7 Å². The summed E-state index contributed by atoms with van der Waals surface area (Å²) in [6, 6.07) is 7.99. The van der Waals surface area contributed by atoms with Crippen molar-refractivity contribution in [2.75, 3.05) is 29.9 Å². The van der Waals surface area contributed by atoms with Crippen LogP contribution in [0.15, 0.2) is 36.4 Å². The van der Waals surface area contributed by atoms with Crippen molar-refractivity contribution >= 4 is 17.3 Å². The molecule has 0 saturated carbocycles. The zero-order chi connectivity index (χ0) is 25.1. The molecule has 1 heterocycles. The fourth-order valence-electron chi connectivity index (χ4n) is 3.71. The lowest BCUT2D eigenvalue weighted by molar-refractivity contribution is -0.274. The predicted octanol–water partition coefficient (Wildman–Crippen LogP) is 6.21. The van der Waals surface area contributed by atoms with E-state index in [2.05, 4.69) is 10.1 Å². The van der Waals surface area contributed by atoms with E-state index >= 15 is 0 Å². The molecule has 0 aliphatic carbocycles. The van der Waals surface area contributed by atoms with Crippen LogP contribution in [-0.4, -0.2) is 32.0 Å². The normalized spacial score (nSPS) is 17.3. The second-order valence-electron chi connectivity index (χ2n) is 9.32. The quantitative estimate of drug-likeness (QED) is 0.511. The van der Waals surface area contributed by atoms with Gasteiger partial charge in [-0.05, 0) is 35.6 Å². The van der Waals surface area contributed by atoms with Crippen LogP contribution in [0.5, 0.6) is 5.75 Å². The number of benzene rings is 2. The van der Waals surface area contributed by atoms with Crippen molar-refractivity contribution < 1.29 is 36.2 Å². The Morgan fingerprint density at radius 1 is 1.12 bits per heavy atom. The molecule has 10 heteroatoms. The Labute approximate surface area is 194 Å². The number of amides is 1. The van der Waals surface area contributed by atoms with Crippen LogP contribution in [0.4, 0.5) is 33.3 Å². The van der Waals surface area contributed by atoms with E-state index in [4.69, 9.17) is 4.74 Å². The van der Waals surface area contributed by atoms with Crippen LogP contribution in [0.2, 0.25) is 0 Å². The average Bonchev–Trinajstić information content (AvgIpc) is 2.95. The minimum Gasteiger partial charge on any atom is -0.403 e. The van der Waals surface area contributed by atoms with Gasteiger partial charge < -0.3 is 19.7 Å². The molecule has 2 aromatic rings. The topological polar surface area (TPSA) is 50.8 Å². The van der Waals surface area contributed by atoms with Gasteiger partial charge in [-0.3, -0.25) is 4.79 Å². The van der Waals surface area contributed by atoms with Gasteiger partial charge in [0.05, 0.1) is 12.7 Å². The Morgan fingerprint density at radius 2 is 1.79 bits per heavy atom. The van der Waals surface area contributed by atoms with E-state index in [-0.39, 0.29) is 30.6 Å². The number of nitrogens with zero attached hydrogens (tertiary/aromatic N) is 1. The summed E-state index contributed by atoms with van der Waals surface area (Å²) >= 11 is 0. The third-order valence-corrected chi connectivity index (χ3v) is 5.17.